The number of para-hydroxylation sites is 1. The first-order valence-corrected chi connectivity index (χ1v) is 8.55. The van der Waals surface area contributed by atoms with Crippen molar-refractivity contribution in [2.75, 3.05) is 11.3 Å². The highest BCUT2D eigenvalue weighted by Gasteiger charge is 2.85. The predicted octanol–water partition coefficient (Wildman–Crippen LogP) is 4.53. The highest BCUT2D eigenvalue weighted by Crippen LogP contribution is 2.54. The van der Waals surface area contributed by atoms with E-state index in [1.54, 1.807) is 0 Å². The van der Waals surface area contributed by atoms with Crippen molar-refractivity contribution >= 4 is 27.2 Å². The molecule has 16 heteroatoms. The molecule has 0 amide bonds. The molecule has 0 unspecified atom stereocenters. The van der Waals surface area contributed by atoms with Gasteiger partial charge in [0.1, 0.15) is 12.2 Å². The van der Waals surface area contributed by atoms with Crippen molar-refractivity contribution in [1.82, 2.24) is 0 Å². The molecule has 0 aromatic heterocycles. The summed E-state index contributed by atoms with van der Waals surface area (Å²) in [5.41, 5.74) is -1.61. The molecular formula is C13H10F9N3O3S. The summed E-state index contributed by atoms with van der Waals surface area (Å²) in [6, 6.07) is 3.69. The molecule has 0 atom stereocenters. The van der Waals surface area contributed by atoms with E-state index in [-0.39, 0.29) is 0 Å². The van der Waals surface area contributed by atoms with Gasteiger partial charge in [0.2, 0.25) is 0 Å². The fourth-order valence-electron chi connectivity index (χ4n) is 1.60. The predicted molar refractivity (Wildman–Crippen MR) is 79.9 cm³/mol. The second kappa shape index (κ2) is 7.79. The Labute approximate surface area is 156 Å². The molecule has 29 heavy (non-hydrogen) atoms. The summed E-state index contributed by atoms with van der Waals surface area (Å²) in [6.45, 7) is 0.546. The Balaban J connectivity index is 3.37. The lowest BCUT2D eigenvalue weighted by molar-refractivity contribution is -0.382. The number of hydrogen-bond donors (Lipinski definition) is 1. The number of Topliss-reactive ketones (excluding diaryl/α,β-unsaturated/α-hetero) is 1. The number of benzene rings is 1. The minimum absolute atomic E-state index is 0.521. The van der Waals surface area contributed by atoms with Crippen molar-refractivity contribution in [3.8, 4) is 0 Å². The summed E-state index contributed by atoms with van der Waals surface area (Å²) in [5.74, 6) is -15.3. The lowest BCUT2D eigenvalue weighted by Gasteiger charge is -2.33. The maximum Gasteiger partial charge on any atom is 0.460 e. The van der Waals surface area contributed by atoms with Gasteiger partial charge in [-0.1, -0.05) is 12.1 Å². The quantitative estimate of drug-likeness (QED) is 0.458. The van der Waals surface area contributed by atoms with E-state index >= 15 is 0 Å². The van der Waals surface area contributed by atoms with Crippen LogP contribution in [0.1, 0.15) is 6.92 Å². The average molecular weight is 459 g/mol. The molecule has 0 saturated heterocycles. The van der Waals surface area contributed by atoms with Gasteiger partial charge in [0.15, 0.2) is 5.78 Å². The zero-order valence-corrected chi connectivity index (χ0v) is 14.8. The van der Waals surface area contributed by atoms with Crippen molar-refractivity contribution in [3.63, 3.8) is 0 Å². The van der Waals surface area contributed by atoms with Crippen LogP contribution in [0.15, 0.2) is 34.5 Å². The number of nitrogens with one attached hydrogen (secondary N) is 1. The van der Waals surface area contributed by atoms with Crippen molar-refractivity contribution in [2.45, 2.75) is 30.2 Å². The lowest BCUT2D eigenvalue weighted by atomic mass is 10.1. The standard InChI is InChI=1S/C13H10F9N3O3S/c1-7(26)6-23-24-8-4-2-3-5-9(8)25-29(27,28)13(21,22)11(16,17)10(14,15)12(18,19)20/h2-5,25H,6H2,1H3. The highest BCUT2D eigenvalue weighted by atomic mass is 32.2. The van der Waals surface area contributed by atoms with Crippen LogP contribution in [0.4, 0.5) is 50.9 Å². The van der Waals surface area contributed by atoms with E-state index in [2.05, 4.69) is 10.2 Å². The zero-order valence-electron chi connectivity index (χ0n) is 13.9. The van der Waals surface area contributed by atoms with E-state index in [1.807, 2.05) is 0 Å². The molecule has 0 radical (unpaired) electrons. The van der Waals surface area contributed by atoms with Crippen LogP contribution < -0.4 is 4.72 Å². The molecule has 1 rings (SSSR count). The molecule has 0 heterocycles. The molecule has 0 fully saturated rings. The lowest BCUT2D eigenvalue weighted by Crippen LogP contribution is -2.64. The third-order valence-corrected chi connectivity index (χ3v) is 4.49. The van der Waals surface area contributed by atoms with Crippen molar-refractivity contribution in [1.29, 1.82) is 0 Å². The Morgan fingerprint density at radius 3 is 1.97 bits per heavy atom. The summed E-state index contributed by atoms with van der Waals surface area (Å²) < 4.78 is 140. The Bertz CT molecular complexity index is 898. The summed E-state index contributed by atoms with van der Waals surface area (Å²) in [5, 5.41) is -0.370. The minimum Gasteiger partial charge on any atom is -0.298 e. The summed E-state index contributed by atoms with van der Waals surface area (Å²) in [4.78, 5) is 10.8. The number of nitrogens with zero attached hydrogens (tertiary/aromatic N) is 2. The van der Waals surface area contributed by atoms with Gasteiger partial charge in [-0.25, -0.2) is 0 Å². The first-order chi connectivity index (χ1) is 12.9. The number of azo groups is 1. The maximum absolute atomic E-state index is 13.7. The van der Waals surface area contributed by atoms with Crippen LogP contribution in [0.3, 0.4) is 0 Å². The molecule has 164 valence electrons. The fraction of sp³-hybridized carbons (Fsp3) is 0.462. The maximum atomic E-state index is 13.7. The molecule has 1 aromatic rings. The number of carbonyl (C=O) groups excluding carboxylic acids is 1. The van der Waals surface area contributed by atoms with E-state index in [9.17, 15) is 52.7 Å². The van der Waals surface area contributed by atoms with Gasteiger partial charge in [-0.3, -0.25) is 9.52 Å². The van der Waals surface area contributed by atoms with Gasteiger partial charge >= 0.3 is 33.3 Å². The first-order valence-electron chi connectivity index (χ1n) is 7.07. The van der Waals surface area contributed by atoms with Gasteiger partial charge in [0.25, 0.3) is 0 Å². The topological polar surface area (TPSA) is 88.0 Å². The second-order valence-electron chi connectivity index (χ2n) is 5.39. The van der Waals surface area contributed by atoms with Crippen molar-refractivity contribution in [3.05, 3.63) is 24.3 Å². The van der Waals surface area contributed by atoms with Crippen LogP contribution in [-0.2, 0) is 14.8 Å². The van der Waals surface area contributed by atoms with E-state index in [0.717, 1.165) is 29.8 Å². The first kappa shape index (κ1) is 24.6. The van der Waals surface area contributed by atoms with Crippen LogP contribution in [0.2, 0.25) is 0 Å². The van der Waals surface area contributed by atoms with Crippen LogP contribution in [0.5, 0.6) is 0 Å². The average Bonchev–Trinajstić information content (AvgIpc) is 2.54. The minimum atomic E-state index is -7.38. The highest BCUT2D eigenvalue weighted by molar-refractivity contribution is 7.93. The molecule has 0 bridgehead atoms. The molecule has 0 aliphatic rings. The molecule has 0 spiro atoms. The monoisotopic (exact) mass is 459 g/mol. The Kier molecular flexibility index (Phi) is 6.62. The molecule has 0 aliphatic heterocycles. The molecule has 6 nitrogen and oxygen atoms in total. The molecule has 0 saturated carbocycles. The Morgan fingerprint density at radius 2 is 1.48 bits per heavy atom. The van der Waals surface area contributed by atoms with Crippen molar-refractivity contribution in [2.24, 2.45) is 10.2 Å². The third kappa shape index (κ3) is 4.62. The third-order valence-electron chi connectivity index (χ3n) is 3.07. The largest absolute Gasteiger partial charge is 0.460 e. The molecule has 1 aromatic carbocycles. The molecular weight excluding hydrogens is 449 g/mol. The van der Waals surface area contributed by atoms with Gasteiger partial charge in [-0.15, -0.1) is 0 Å². The number of ketones is 1. The molecule has 1 N–H and O–H groups in total. The van der Waals surface area contributed by atoms with Gasteiger partial charge in [-0.05, 0) is 19.1 Å². The number of carbonyl (C=O) groups is 1. The SMILES string of the molecule is CC(=O)CN=Nc1ccccc1NS(=O)(=O)C(F)(F)C(F)(F)C(F)(F)C(F)(F)F. The van der Waals surface area contributed by atoms with Crippen LogP contribution in [-0.4, -0.2) is 44.0 Å². The molecule has 0 aliphatic carbocycles. The second-order valence-corrected chi connectivity index (χ2v) is 7.11. The zero-order chi connectivity index (χ0) is 22.9. The van der Waals surface area contributed by atoms with Crippen molar-refractivity contribution < 1.29 is 52.7 Å². The number of hydrogen-bond acceptors (Lipinski definition) is 5. The number of halogens is 9. The van der Waals surface area contributed by atoms with E-state index in [4.69, 9.17) is 0 Å². The number of alkyl halides is 9. The Morgan fingerprint density at radius 1 is 0.966 bits per heavy atom. The number of rotatable bonds is 8. The summed E-state index contributed by atoms with van der Waals surface area (Å²) in [6.07, 6.45) is -7.17. The Hall–Kier alpha value is -2.39. The van der Waals surface area contributed by atoms with Crippen LogP contribution >= 0.6 is 0 Å². The fourth-order valence-corrected chi connectivity index (χ4v) is 2.65. The van der Waals surface area contributed by atoms with Crippen LogP contribution in [0, 0.1) is 0 Å². The van der Waals surface area contributed by atoms with E-state index < -0.39 is 57.0 Å². The van der Waals surface area contributed by atoms with Gasteiger partial charge in [0, 0.05) is 0 Å². The summed E-state index contributed by atoms with van der Waals surface area (Å²) >= 11 is 0. The van der Waals surface area contributed by atoms with Gasteiger partial charge < -0.3 is 0 Å². The number of sulfonamides is 1. The van der Waals surface area contributed by atoms with E-state index in [1.165, 1.54) is 0 Å². The van der Waals surface area contributed by atoms with E-state index in [0.29, 0.717) is 6.07 Å². The normalized spacial score (nSPS) is 14.3. The smallest absolute Gasteiger partial charge is 0.298 e. The summed E-state index contributed by atoms with van der Waals surface area (Å²) in [7, 11) is -6.86. The van der Waals surface area contributed by atoms with Crippen LogP contribution in [0.25, 0.3) is 0 Å². The van der Waals surface area contributed by atoms with Gasteiger partial charge in [0.05, 0.1) is 5.69 Å². The van der Waals surface area contributed by atoms with Gasteiger partial charge in [-0.2, -0.15) is 58.2 Å². The number of anilines is 1.